The van der Waals surface area contributed by atoms with Crippen molar-refractivity contribution in [3.05, 3.63) is 70.0 Å². The molecule has 0 bridgehead atoms. The molecule has 2 heterocycles. The third-order valence-electron chi connectivity index (χ3n) is 5.48. The van der Waals surface area contributed by atoms with Gasteiger partial charge in [0.2, 0.25) is 5.43 Å². The number of carbonyl (C=O) groups is 1. The van der Waals surface area contributed by atoms with Crippen molar-refractivity contribution in [1.82, 2.24) is 9.88 Å². The van der Waals surface area contributed by atoms with Gasteiger partial charge in [0, 0.05) is 55.2 Å². The fourth-order valence-corrected chi connectivity index (χ4v) is 3.66. The van der Waals surface area contributed by atoms with Crippen LogP contribution in [0.5, 0.6) is 0 Å². The number of piperazine rings is 1. The van der Waals surface area contributed by atoms with Gasteiger partial charge in [-0.3, -0.25) is 9.59 Å². The maximum absolute atomic E-state index is 13.5. The first-order valence-electron chi connectivity index (χ1n) is 9.85. The van der Waals surface area contributed by atoms with Gasteiger partial charge in [-0.2, -0.15) is 0 Å². The molecular formula is C22H22F2N4O2. The van der Waals surface area contributed by atoms with Gasteiger partial charge in [-0.25, -0.2) is 8.78 Å². The number of fused-ring (bicyclic) bond motifs is 1. The molecule has 1 saturated heterocycles. The summed E-state index contributed by atoms with van der Waals surface area (Å²) in [5.74, 6) is -2.82. The van der Waals surface area contributed by atoms with Gasteiger partial charge in [-0.15, -0.1) is 0 Å². The quantitative estimate of drug-likeness (QED) is 0.691. The second-order valence-electron chi connectivity index (χ2n) is 7.27. The molecule has 0 aliphatic carbocycles. The summed E-state index contributed by atoms with van der Waals surface area (Å²) < 4.78 is 26.9. The Bertz CT molecular complexity index is 1140. The minimum Gasteiger partial charge on any atom is -0.369 e. The number of nitrogens with zero attached hydrogens (tertiary/aromatic N) is 2. The fourth-order valence-electron chi connectivity index (χ4n) is 3.66. The molecule has 0 saturated carbocycles. The van der Waals surface area contributed by atoms with E-state index >= 15 is 0 Å². The molecule has 6 nitrogen and oxygen atoms in total. The predicted octanol–water partition coefficient (Wildman–Crippen LogP) is 3.20. The maximum Gasteiger partial charge on any atom is 0.261 e. The lowest BCUT2D eigenvalue weighted by Crippen LogP contribution is -2.46. The number of hydrogen-bond donors (Lipinski definition) is 2. The van der Waals surface area contributed by atoms with E-state index in [4.69, 9.17) is 0 Å². The number of amides is 1. The Morgan fingerprint density at radius 3 is 2.40 bits per heavy atom. The smallest absolute Gasteiger partial charge is 0.261 e. The molecule has 0 radical (unpaired) electrons. The molecule has 1 aliphatic rings. The van der Waals surface area contributed by atoms with Crippen LogP contribution in [0.4, 0.5) is 20.2 Å². The second-order valence-corrected chi connectivity index (χ2v) is 7.27. The average molecular weight is 412 g/mol. The van der Waals surface area contributed by atoms with E-state index in [1.54, 1.807) is 12.1 Å². The highest BCUT2D eigenvalue weighted by atomic mass is 19.2. The van der Waals surface area contributed by atoms with Crippen molar-refractivity contribution in [1.29, 1.82) is 0 Å². The zero-order valence-electron chi connectivity index (χ0n) is 16.5. The highest BCUT2D eigenvalue weighted by molar-refractivity contribution is 6.05. The van der Waals surface area contributed by atoms with Gasteiger partial charge < -0.3 is 20.1 Å². The minimum absolute atomic E-state index is 0.0804. The van der Waals surface area contributed by atoms with Crippen LogP contribution in [-0.2, 0) is 0 Å². The van der Waals surface area contributed by atoms with Crippen molar-refractivity contribution >= 4 is 28.2 Å². The van der Waals surface area contributed by atoms with Crippen LogP contribution >= 0.6 is 0 Å². The molecular weight excluding hydrogens is 390 g/mol. The Morgan fingerprint density at radius 2 is 1.73 bits per heavy atom. The number of nitrogens with one attached hydrogen (secondary N) is 2. The minimum atomic E-state index is -1.14. The Morgan fingerprint density at radius 1 is 1.07 bits per heavy atom. The summed E-state index contributed by atoms with van der Waals surface area (Å²) in [4.78, 5) is 32.5. The Hall–Kier alpha value is -3.26. The van der Waals surface area contributed by atoms with Crippen molar-refractivity contribution in [2.24, 2.45) is 0 Å². The lowest BCUT2D eigenvalue weighted by molar-refractivity contribution is 0.102. The summed E-state index contributed by atoms with van der Waals surface area (Å²) in [5.41, 5.74) is 0.910. The van der Waals surface area contributed by atoms with Crippen LogP contribution in [0.15, 0.2) is 47.4 Å². The molecule has 4 rings (SSSR count). The first kappa shape index (κ1) is 20.0. The lowest BCUT2D eigenvalue weighted by atomic mass is 10.1. The molecule has 2 N–H and O–H groups in total. The Balaban J connectivity index is 1.49. The van der Waals surface area contributed by atoms with E-state index in [2.05, 4.69) is 27.0 Å². The number of anilines is 2. The molecule has 1 aromatic heterocycles. The summed E-state index contributed by atoms with van der Waals surface area (Å²) in [7, 11) is 0. The molecule has 8 heteroatoms. The van der Waals surface area contributed by atoms with E-state index in [9.17, 15) is 18.4 Å². The lowest BCUT2D eigenvalue weighted by Gasteiger charge is -2.35. The van der Waals surface area contributed by atoms with Crippen LogP contribution in [0.3, 0.4) is 0 Å². The number of aromatic nitrogens is 1. The number of benzene rings is 2. The average Bonchev–Trinajstić information content (AvgIpc) is 2.76. The summed E-state index contributed by atoms with van der Waals surface area (Å²) in [5, 5.41) is 2.60. The van der Waals surface area contributed by atoms with Gasteiger partial charge in [0.05, 0.1) is 5.52 Å². The van der Waals surface area contributed by atoms with Gasteiger partial charge in [0.25, 0.3) is 5.91 Å². The third kappa shape index (κ3) is 3.91. The van der Waals surface area contributed by atoms with Crippen LogP contribution in [0.25, 0.3) is 10.9 Å². The molecule has 30 heavy (non-hydrogen) atoms. The molecule has 1 amide bonds. The highest BCUT2D eigenvalue weighted by Gasteiger charge is 2.17. The van der Waals surface area contributed by atoms with Crippen molar-refractivity contribution < 1.29 is 13.6 Å². The maximum atomic E-state index is 13.5. The largest absolute Gasteiger partial charge is 0.369 e. The normalized spacial score (nSPS) is 14.8. The summed E-state index contributed by atoms with van der Waals surface area (Å²) >= 11 is 0. The van der Waals surface area contributed by atoms with E-state index in [1.165, 1.54) is 6.20 Å². The number of carbonyl (C=O) groups excluding carboxylic acids is 1. The van der Waals surface area contributed by atoms with Crippen LogP contribution < -0.4 is 15.6 Å². The Kier molecular flexibility index (Phi) is 5.50. The number of H-pyrrole nitrogens is 1. The molecule has 1 aliphatic heterocycles. The zero-order chi connectivity index (χ0) is 21.3. The topological polar surface area (TPSA) is 68.4 Å². The summed E-state index contributed by atoms with van der Waals surface area (Å²) in [6.45, 7) is 7.14. The van der Waals surface area contributed by atoms with Crippen LogP contribution in [0.1, 0.15) is 17.3 Å². The van der Waals surface area contributed by atoms with Crippen LogP contribution in [0.2, 0.25) is 0 Å². The monoisotopic (exact) mass is 412 g/mol. The number of aromatic amines is 1. The number of rotatable bonds is 4. The van der Waals surface area contributed by atoms with Crippen molar-refractivity contribution in [2.75, 3.05) is 42.9 Å². The molecule has 0 atom stereocenters. The summed E-state index contributed by atoms with van der Waals surface area (Å²) in [6.07, 6.45) is 1.21. The predicted molar refractivity (Wildman–Crippen MR) is 113 cm³/mol. The highest BCUT2D eigenvalue weighted by Crippen LogP contribution is 2.20. The molecule has 3 aromatic rings. The van der Waals surface area contributed by atoms with Crippen molar-refractivity contribution in [3.8, 4) is 0 Å². The molecule has 2 aromatic carbocycles. The number of pyridine rings is 1. The molecule has 1 fully saturated rings. The van der Waals surface area contributed by atoms with E-state index in [0.29, 0.717) is 5.69 Å². The molecule has 156 valence electrons. The van der Waals surface area contributed by atoms with Gasteiger partial charge in [-0.1, -0.05) is 6.92 Å². The van der Waals surface area contributed by atoms with E-state index < -0.39 is 23.0 Å². The molecule has 0 spiro atoms. The van der Waals surface area contributed by atoms with Crippen molar-refractivity contribution in [3.63, 3.8) is 0 Å². The van der Waals surface area contributed by atoms with Gasteiger partial charge >= 0.3 is 0 Å². The Labute approximate surface area is 172 Å². The number of hydrogen-bond acceptors (Lipinski definition) is 4. The molecule has 0 unspecified atom stereocenters. The van der Waals surface area contributed by atoms with E-state index in [0.717, 1.165) is 50.5 Å². The van der Waals surface area contributed by atoms with Gasteiger partial charge in [0.15, 0.2) is 11.6 Å². The second kappa shape index (κ2) is 8.23. The standard InChI is InChI=1S/C22H22F2N4O2/c1-2-27-7-9-28(10-8-27)15-5-3-14(4-6-15)26-22(30)17-13-25-20-12-19(24)18(23)11-16(20)21(17)29/h3-6,11-13H,2,7-10H2,1H3,(H,25,29)(H,26,30). The fraction of sp³-hybridized carbons (Fsp3) is 0.273. The van der Waals surface area contributed by atoms with Crippen molar-refractivity contribution in [2.45, 2.75) is 6.92 Å². The number of halogens is 2. The zero-order valence-corrected chi connectivity index (χ0v) is 16.5. The third-order valence-corrected chi connectivity index (χ3v) is 5.48. The van der Waals surface area contributed by atoms with Crippen LogP contribution in [0, 0.1) is 11.6 Å². The van der Waals surface area contributed by atoms with Crippen LogP contribution in [-0.4, -0.2) is 48.5 Å². The number of likely N-dealkylation sites (N-methyl/N-ethyl adjacent to an activating group) is 1. The van der Waals surface area contributed by atoms with Gasteiger partial charge in [0.1, 0.15) is 5.56 Å². The SMILES string of the molecule is CCN1CCN(c2ccc(NC(=O)c3c[nH]c4cc(F)c(F)cc4c3=O)cc2)CC1. The van der Waals surface area contributed by atoms with Gasteiger partial charge in [-0.05, 0) is 36.9 Å². The van der Waals surface area contributed by atoms with E-state index in [1.807, 2.05) is 12.1 Å². The first-order chi connectivity index (χ1) is 14.5. The van der Waals surface area contributed by atoms with E-state index in [-0.39, 0.29) is 16.5 Å². The first-order valence-corrected chi connectivity index (χ1v) is 9.85. The summed E-state index contributed by atoms with van der Waals surface area (Å²) in [6, 6.07) is 9.12.